The normalized spacial score (nSPS) is 17.4. The predicted octanol–water partition coefficient (Wildman–Crippen LogP) is 4.73. The van der Waals surface area contributed by atoms with Crippen molar-refractivity contribution in [2.24, 2.45) is 5.41 Å². The number of hydrogen-bond acceptors (Lipinski definition) is 5. The molecule has 1 aliphatic rings. The van der Waals surface area contributed by atoms with Crippen LogP contribution in [0, 0.1) is 5.41 Å². The molecule has 0 unspecified atom stereocenters. The summed E-state index contributed by atoms with van der Waals surface area (Å²) in [5.74, 6) is 0.0705. The third-order valence-electron chi connectivity index (χ3n) is 6.65. The summed E-state index contributed by atoms with van der Waals surface area (Å²) >= 11 is 0. The molecule has 1 aromatic heterocycles. The lowest BCUT2D eigenvalue weighted by Crippen LogP contribution is -2.36. The predicted molar refractivity (Wildman–Crippen MR) is 123 cm³/mol. The molecule has 2 heterocycles. The number of fused-ring (bicyclic) bond motifs is 3. The molecule has 1 N–H and O–H groups in total. The molecule has 0 radical (unpaired) electrons. The van der Waals surface area contributed by atoms with Crippen molar-refractivity contribution in [3.05, 3.63) is 45.7 Å². The second-order valence-corrected chi connectivity index (χ2v) is 9.01. The summed E-state index contributed by atoms with van der Waals surface area (Å²) in [6, 6.07) is 5.29. The molecule has 0 bridgehead atoms. The fraction of sp³-hybridized carbons (Fsp3) is 0.520. The van der Waals surface area contributed by atoms with Gasteiger partial charge >= 0.3 is 5.97 Å². The Balaban J connectivity index is 2.23. The molecule has 1 aliphatic heterocycles. The van der Waals surface area contributed by atoms with E-state index < -0.39 is 11.4 Å². The molecule has 2 aromatic rings. The van der Waals surface area contributed by atoms with Crippen LogP contribution in [-0.4, -0.2) is 43.1 Å². The van der Waals surface area contributed by atoms with Crippen LogP contribution in [-0.2, 0) is 4.74 Å². The van der Waals surface area contributed by atoms with Crippen LogP contribution in [0.15, 0.2) is 29.2 Å². The van der Waals surface area contributed by atoms with Crippen LogP contribution in [0.3, 0.4) is 0 Å². The SMILES string of the molecule is CCC(C)(C)[C@@H]1[C@H](C)c2cc(OCCCOC)c(OC)cc2-c2cc(=O)c(C(=O)O)cn21. The highest BCUT2D eigenvalue weighted by Gasteiger charge is 2.40. The number of nitrogens with zero attached hydrogens (tertiary/aromatic N) is 1. The summed E-state index contributed by atoms with van der Waals surface area (Å²) in [6.45, 7) is 9.72. The number of carbonyl (C=O) groups is 1. The Bertz CT molecular complexity index is 1060. The van der Waals surface area contributed by atoms with Gasteiger partial charge in [0.1, 0.15) is 5.56 Å². The van der Waals surface area contributed by atoms with Gasteiger partial charge < -0.3 is 23.9 Å². The molecule has 0 amide bonds. The van der Waals surface area contributed by atoms with Gasteiger partial charge in [0.25, 0.3) is 0 Å². The van der Waals surface area contributed by atoms with E-state index in [4.69, 9.17) is 14.2 Å². The van der Waals surface area contributed by atoms with Gasteiger partial charge in [-0.2, -0.15) is 0 Å². The second-order valence-electron chi connectivity index (χ2n) is 9.01. The van der Waals surface area contributed by atoms with Gasteiger partial charge in [-0.05, 0) is 29.5 Å². The van der Waals surface area contributed by atoms with Crippen LogP contribution in [0.5, 0.6) is 11.5 Å². The highest BCUT2D eigenvalue weighted by molar-refractivity contribution is 5.88. The van der Waals surface area contributed by atoms with Gasteiger partial charge in [0, 0.05) is 49.9 Å². The van der Waals surface area contributed by atoms with Crippen molar-refractivity contribution in [2.45, 2.75) is 52.5 Å². The summed E-state index contributed by atoms with van der Waals surface area (Å²) in [4.78, 5) is 24.3. The molecule has 0 aliphatic carbocycles. The summed E-state index contributed by atoms with van der Waals surface area (Å²) in [6.07, 6.45) is 3.15. The Labute approximate surface area is 188 Å². The molecule has 7 heteroatoms. The van der Waals surface area contributed by atoms with Crippen molar-refractivity contribution >= 4 is 5.97 Å². The van der Waals surface area contributed by atoms with Gasteiger partial charge in [0.05, 0.1) is 19.4 Å². The number of aromatic carboxylic acids is 1. The fourth-order valence-electron chi connectivity index (χ4n) is 4.66. The zero-order valence-corrected chi connectivity index (χ0v) is 19.7. The minimum Gasteiger partial charge on any atom is -0.493 e. The van der Waals surface area contributed by atoms with Crippen molar-refractivity contribution in [2.75, 3.05) is 27.4 Å². The number of aromatic nitrogens is 1. The number of ether oxygens (including phenoxy) is 3. The molecule has 3 rings (SSSR count). The Morgan fingerprint density at radius 3 is 2.47 bits per heavy atom. The zero-order chi connectivity index (χ0) is 23.6. The van der Waals surface area contributed by atoms with E-state index in [0.717, 1.165) is 24.0 Å². The van der Waals surface area contributed by atoms with Crippen molar-refractivity contribution in [1.29, 1.82) is 0 Å². The monoisotopic (exact) mass is 443 g/mol. The molecule has 32 heavy (non-hydrogen) atoms. The van der Waals surface area contributed by atoms with Crippen LogP contribution in [0.25, 0.3) is 11.3 Å². The molecule has 7 nitrogen and oxygen atoms in total. The molecule has 174 valence electrons. The Kier molecular flexibility index (Phi) is 6.98. The number of hydrogen-bond donors (Lipinski definition) is 1. The lowest BCUT2D eigenvalue weighted by atomic mass is 9.70. The molecule has 0 fully saturated rings. The molecule has 2 atom stereocenters. The van der Waals surface area contributed by atoms with E-state index in [2.05, 4.69) is 27.7 Å². The van der Waals surface area contributed by atoms with E-state index in [-0.39, 0.29) is 22.9 Å². The standard InChI is InChI=1S/C25H33NO6/c1-7-25(3,4)23-15(2)16-11-22(32-10-8-9-30-5)21(31-6)12-17(16)19-13-20(27)18(24(28)29)14-26(19)23/h11-15,23H,7-10H2,1-6H3,(H,28,29)/t15-,23+/m1/s1. The summed E-state index contributed by atoms with van der Waals surface area (Å²) in [7, 11) is 3.24. The molecule has 1 aromatic carbocycles. The van der Waals surface area contributed by atoms with Gasteiger partial charge in [-0.15, -0.1) is 0 Å². The van der Waals surface area contributed by atoms with Crippen LogP contribution >= 0.6 is 0 Å². The molecule has 0 saturated carbocycles. The first-order valence-corrected chi connectivity index (χ1v) is 11.0. The van der Waals surface area contributed by atoms with Crippen molar-refractivity contribution in [1.82, 2.24) is 4.57 Å². The highest BCUT2D eigenvalue weighted by atomic mass is 16.5. The Hall–Kier alpha value is -2.80. The largest absolute Gasteiger partial charge is 0.493 e. The fourth-order valence-corrected chi connectivity index (χ4v) is 4.66. The van der Waals surface area contributed by atoms with Gasteiger partial charge in [-0.3, -0.25) is 4.79 Å². The van der Waals surface area contributed by atoms with Crippen molar-refractivity contribution in [3.63, 3.8) is 0 Å². The van der Waals surface area contributed by atoms with E-state index in [1.165, 1.54) is 12.3 Å². The molecular formula is C25H33NO6. The quantitative estimate of drug-likeness (QED) is 0.564. The van der Waals surface area contributed by atoms with Crippen molar-refractivity contribution in [3.8, 4) is 22.8 Å². The second kappa shape index (κ2) is 9.36. The Morgan fingerprint density at radius 1 is 1.16 bits per heavy atom. The molecule has 0 spiro atoms. The van der Waals surface area contributed by atoms with E-state index in [1.807, 2.05) is 16.7 Å². The smallest absolute Gasteiger partial charge is 0.341 e. The first kappa shape index (κ1) is 23.9. The van der Waals surface area contributed by atoms with E-state index >= 15 is 0 Å². The zero-order valence-electron chi connectivity index (χ0n) is 19.7. The lowest BCUT2D eigenvalue weighted by molar-refractivity contribution is 0.0693. The topological polar surface area (TPSA) is 87.0 Å². The van der Waals surface area contributed by atoms with Crippen LogP contribution in [0.4, 0.5) is 0 Å². The van der Waals surface area contributed by atoms with Gasteiger partial charge in [-0.25, -0.2) is 4.79 Å². The van der Waals surface area contributed by atoms with Crippen LogP contribution in [0.1, 0.15) is 68.4 Å². The van der Waals surface area contributed by atoms with E-state index in [9.17, 15) is 14.7 Å². The van der Waals surface area contributed by atoms with Gasteiger partial charge in [-0.1, -0.05) is 27.7 Å². The third-order valence-corrected chi connectivity index (χ3v) is 6.65. The Morgan fingerprint density at radius 2 is 1.88 bits per heavy atom. The maximum Gasteiger partial charge on any atom is 0.341 e. The van der Waals surface area contributed by atoms with Gasteiger partial charge in [0.2, 0.25) is 0 Å². The highest BCUT2D eigenvalue weighted by Crippen LogP contribution is 2.52. The lowest BCUT2D eigenvalue weighted by Gasteiger charge is -2.44. The van der Waals surface area contributed by atoms with Gasteiger partial charge in [0.15, 0.2) is 16.9 Å². The maximum absolute atomic E-state index is 12.6. The number of carboxylic acids is 1. The average Bonchev–Trinajstić information content (AvgIpc) is 2.76. The number of pyridine rings is 1. The average molecular weight is 444 g/mol. The minimum atomic E-state index is -1.21. The summed E-state index contributed by atoms with van der Waals surface area (Å²) < 4.78 is 18.7. The molecule has 0 saturated heterocycles. The number of benzene rings is 1. The third kappa shape index (κ3) is 4.26. The van der Waals surface area contributed by atoms with Crippen LogP contribution < -0.4 is 14.9 Å². The first-order chi connectivity index (χ1) is 15.2. The summed E-state index contributed by atoms with van der Waals surface area (Å²) in [5, 5.41) is 9.56. The maximum atomic E-state index is 12.6. The minimum absolute atomic E-state index is 0.0385. The van der Waals surface area contributed by atoms with E-state index in [0.29, 0.717) is 30.4 Å². The summed E-state index contributed by atoms with van der Waals surface area (Å²) in [5.41, 5.74) is 1.75. The molecular weight excluding hydrogens is 410 g/mol. The van der Waals surface area contributed by atoms with E-state index in [1.54, 1.807) is 14.2 Å². The number of methoxy groups -OCH3 is 2. The van der Waals surface area contributed by atoms with Crippen molar-refractivity contribution < 1.29 is 24.1 Å². The van der Waals surface area contributed by atoms with Crippen LogP contribution in [0.2, 0.25) is 0 Å². The number of rotatable bonds is 9. The number of carboxylic acid groups (broad SMARTS) is 1. The first-order valence-electron chi connectivity index (χ1n) is 11.0.